The lowest BCUT2D eigenvalue weighted by Crippen LogP contribution is -2.47. The van der Waals surface area contributed by atoms with E-state index in [4.69, 9.17) is 0 Å². The molecule has 3 atom stereocenters. The van der Waals surface area contributed by atoms with Gasteiger partial charge in [0.2, 0.25) is 0 Å². The van der Waals surface area contributed by atoms with Crippen molar-refractivity contribution in [1.82, 2.24) is 4.90 Å². The first-order valence-electron chi connectivity index (χ1n) is 7.28. The third kappa shape index (κ3) is 4.81. The molecule has 0 aromatic heterocycles. The molecule has 0 spiro atoms. The average molecular weight is 263 g/mol. The summed E-state index contributed by atoms with van der Waals surface area (Å²) in [5.41, 5.74) is 0. The molecule has 3 unspecified atom stereocenters. The van der Waals surface area contributed by atoms with E-state index >= 15 is 0 Å². The SMILES string of the molecule is CCCC1CCC(O)CC1N(CCC)CC(F)F. The Labute approximate surface area is 109 Å². The summed E-state index contributed by atoms with van der Waals surface area (Å²) in [6.45, 7) is 4.72. The zero-order valence-corrected chi connectivity index (χ0v) is 11.6. The quantitative estimate of drug-likeness (QED) is 0.762. The fourth-order valence-electron chi connectivity index (χ4n) is 3.20. The van der Waals surface area contributed by atoms with Gasteiger partial charge in [0.1, 0.15) is 0 Å². The molecule has 0 bridgehead atoms. The van der Waals surface area contributed by atoms with Crippen LogP contribution in [0.3, 0.4) is 0 Å². The minimum absolute atomic E-state index is 0.141. The van der Waals surface area contributed by atoms with Crippen molar-refractivity contribution in [1.29, 1.82) is 0 Å². The van der Waals surface area contributed by atoms with Crippen molar-refractivity contribution in [2.45, 2.75) is 70.9 Å². The monoisotopic (exact) mass is 263 g/mol. The summed E-state index contributed by atoms with van der Waals surface area (Å²) in [7, 11) is 0. The number of hydrogen-bond acceptors (Lipinski definition) is 2. The first kappa shape index (κ1) is 15.8. The number of alkyl halides is 2. The van der Waals surface area contributed by atoms with Crippen LogP contribution in [0.1, 0.15) is 52.4 Å². The normalized spacial score (nSPS) is 29.2. The molecule has 0 amide bonds. The van der Waals surface area contributed by atoms with E-state index < -0.39 is 6.43 Å². The molecule has 0 heterocycles. The van der Waals surface area contributed by atoms with Crippen molar-refractivity contribution in [2.24, 2.45) is 5.92 Å². The van der Waals surface area contributed by atoms with Crippen LogP contribution in [-0.2, 0) is 0 Å². The lowest BCUT2D eigenvalue weighted by Gasteiger charge is -2.41. The largest absolute Gasteiger partial charge is 0.393 e. The van der Waals surface area contributed by atoms with Crippen LogP contribution in [-0.4, -0.2) is 41.7 Å². The molecular weight excluding hydrogens is 236 g/mol. The molecule has 4 heteroatoms. The molecule has 0 aromatic rings. The number of halogens is 2. The van der Waals surface area contributed by atoms with E-state index in [0.717, 1.165) is 32.1 Å². The second kappa shape index (κ2) is 8.05. The van der Waals surface area contributed by atoms with E-state index in [1.165, 1.54) is 0 Å². The lowest BCUT2D eigenvalue weighted by molar-refractivity contribution is -0.00477. The first-order chi connectivity index (χ1) is 8.58. The van der Waals surface area contributed by atoms with Crippen LogP contribution in [0, 0.1) is 5.92 Å². The molecule has 1 aliphatic carbocycles. The lowest BCUT2D eigenvalue weighted by atomic mass is 9.79. The summed E-state index contributed by atoms with van der Waals surface area (Å²) in [5.74, 6) is 0.476. The number of nitrogens with zero attached hydrogens (tertiary/aromatic N) is 1. The minimum atomic E-state index is -2.28. The molecule has 18 heavy (non-hydrogen) atoms. The highest BCUT2D eigenvalue weighted by atomic mass is 19.3. The molecular formula is C14H27F2NO. The van der Waals surface area contributed by atoms with Crippen LogP contribution >= 0.6 is 0 Å². The van der Waals surface area contributed by atoms with Gasteiger partial charge in [0.15, 0.2) is 0 Å². The van der Waals surface area contributed by atoms with E-state index in [9.17, 15) is 13.9 Å². The Balaban J connectivity index is 2.68. The highest BCUT2D eigenvalue weighted by molar-refractivity contribution is 4.87. The maximum absolute atomic E-state index is 12.7. The predicted molar refractivity (Wildman–Crippen MR) is 69.9 cm³/mol. The molecule has 0 aliphatic heterocycles. The molecule has 1 aliphatic rings. The molecule has 108 valence electrons. The second-order valence-corrected chi connectivity index (χ2v) is 5.47. The Bertz CT molecular complexity index is 226. The molecule has 1 rings (SSSR count). The van der Waals surface area contributed by atoms with Crippen LogP contribution < -0.4 is 0 Å². The molecule has 0 radical (unpaired) electrons. The maximum Gasteiger partial charge on any atom is 0.251 e. The highest BCUT2D eigenvalue weighted by Gasteiger charge is 2.33. The van der Waals surface area contributed by atoms with E-state index in [-0.39, 0.29) is 18.7 Å². The summed E-state index contributed by atoms with van der Waals surface area (Å²) in [6, 6.07) is 0.141. The molecule has 0 aromatic carbocycles. The average Bonchev–Trinajstić information content (AvgIpc) is 2.30. The summed E-state index contributed by atoms with van der Waals surface area (Å²) in [4.78, 5) is 1.91. The topological polar surface area (TPSA) is 23.5 Å². The van der Waals surface area contributed by atoms with Crippen molar-refractivity contribution in [3.63, 3.8) is 0 Å². The Hall–Kier alpha value is -0.220. The predicted octanol–water partition coefficient (Wildman–Crippen LogP) is 3.29. The van der Waals surface area contributed by atoms with E-state index in [1.54, 1.807) is 0 Å². The van der Waals surface area contributed by atoms with Crippen LogP contribution in [0.4, 0.5) is 8.78 Å². The van der Waals surface area contributed by atoms with Gasteiger partial charge in [0, 0.05) is 6.04 Å². The van der Waals surface area contributed by atoms with Gasteiger partial charge in [-0.15, -0.1) is 0 Å². The van der Waals surface area contributed by atoms with Crippen LogP contribution in [0.2, 0.25) is 0 Å². The van der Waals surface area contributed by atoms with Crippen molar-refractivity contribution in [3.05, 3.63) is 0 Å². The van der Waals surface area contributed by atoms with Crippen molar-refractivity contribution in [3.8, 4) is 0 Å². The molecule has 1 N–H and O–H groups in total. The third-order valence-electron chi connectivity index (χ3n) is 3.94. The summed E-state index contributed by atoms with van der Waals surface area (Å²) >= 11 is 0. The zero-order chi connectivity index (χ0) is 13.5. The van der Waals surface area contributed by atoms with E-state index in [2.05, 4.69) is 6.92 Å². The van der Waals surface area contributed by atoms with Gasteiger partial charge >= 0.3 is 0 Å². The molecule has 0 saturated heterocycles. The van der Waals surface area contributed by atoms with Crippen LogP contribution in [0.25, 0.3) is 0 Å². The Kier molecular flexibility index (Phi) is 7.08. The smallest absolute Gasteiger partial charge is 0.251 e. The van der Waals surface area contributed by atoms with Gasteiger partial charge in [-0.25, -0.2) is 8.78 Å². The molecule has 1 saturated carbocycles. The number of aliphatic hydroxyl groups is 1. The van der Waals surface area contributed by atoms with Crippen LogP contribution in [0.5, 0.6) is 0 Å². The number of aliphatic hydroxyl groups excluding tert-OH is 1. The first-order valence-corrected chi connectivity index (χ1v) is 7.28. The Morgan fingerprint density at radius 2 is 1.94 bits per heavy atom. The standard InChI is InChI=1S/C14H27F2NO/c1-3-5-11-6-7-12(18)9-13(11)17(8-4-2)10-14(15)16/h11-14,18H,3-10H2,1-2H3. The number of rotatable bonds is 7. The van der Waals surface area contributed by atoms with Crippen molar-refractivity contribution in [2.75, 3.05) is 13.1 Å². The van der Waals surface area contributed by atoms with Gasteiger partial charge in [-0.3, -0.25) is 4.90 Å². The Morgan fingerprint density at radius 1 is 1.22 bits per heavy atom. The van der Waals surface area contributed by atoms with Crippen molar-refractivity contribution < 1.29 is 13.9 Å². The summed E-state index contributed by atoms with van der Waals surface area (Å²) in [6.07, 6.45) is 2.94. The van der Waals surface area contributed by atoms with E-state index in [0.29, 0.717) is 18.9 Å². The van der Waals surface area contributed by atoms with Crippen LogP contribution in [0.15, 0.2) is 0 Å². The van der Waals surface area contributed by atoms with Gasteiger partial charge in [-0.2, -0.15) is 0 Å². The zero-order valence-electron chi connectivity index (χ0n) is 11.6. The van der Waals surface area contributed by atoms with Gasteiger partial charge < -0.3 is 5.11 Å². The van der Waals surface area contributed by atoms with Crippen molar-refractivity contribution >= 4 is 0 Å². The maximum atomic E-state index is 12.7. The third-order valence-corrected chi connectivity index (χ3v) is 3.94. The summed E-state index contributed by atoms with van der Waals surface area (Å²) < 4.78 is 25.3. The second-order valence-electron chi connectivity index (χ2n) is 5.47. The summed E-state index contributed by atoms with van der Waals surface area (Å²) in [5, 5.41) is 9.80. The fourth-order valence-corrected chi connectivity index (χ4v) is 3.20. The number of hydrogen-bond donors (Lipinski definition) is 1. The van der Waals surface area contributed by atoms with Gasteiger partial charge in [0.25, 0.3) is 6.43 Å². The molecule has 2 nitrogen and oxygen atoms in total. The highest BCUT2D eigenvalue weighted by Crippen LogP contribution is 2.32. The molecule has 1 fully saturated rings. The fraction of sp³-hybridized carbons (Fsp3) is 1.00. The Morgan fingerprint density at radius 3 is 2.50 bits per heavy atom. The van der Waals surface area contributed by atoms with Gasteiger partial charge in [-0.05, 0) is 44.6 Å². The minimum Gasteiger partial charge on any atom is -0.393 e. The van der Waals surface area contributed by atoms with Gasteiger partial charge in [-0.1, -0.05) is 20.3 Å². The van der Waals surface area contributed by atoms with E-state index in [1.807, 2.05) is 11.8 Å². The van der Waals surface area contributed by atoms with Gasteiger partial charge in [0.05, 0.1) is 12.6 Å².